The second kappa shape index (κ2) is 3.38. The molecule has 4 heteroatoms. The second-order valence-electron chi connectivity index (χ2n) is 2.96. The Morgan fingerprint density at radius 2 is 2.50 bits per heavy atom. The standard InChI is InChI=1S/C8H12N2O2/c1-6(3-8(11)12)7-4-10(2)5-9-7/h4-6H,3H2,1-2H3,(H,11,12). The van der Waals surface area contributed by atoms with Gasteiger partial charge in [0.2, 0.25) is 0 Å². The average molecular weight is 168 g/mol. The molecule has 1 N–H and O–H groups in total. The average Bonchev–Trinajstić information content (AvgIpc) is 2.34. The highest BCUT2D eigenvalue weighted by molar-refractivity contribution is 5.67. The van der Waals surface area contributed by atoms with E-state index in [-0.39, 0.29) is 12.3 Å². The van der Waals surface area contributed by atoms with E-state index in [1.54, 1.807) is 6.33 Å². The predicted octanol–water partition coefficient (Wildman–Crippen LogP) is 0.998. The predicted molar refractivity (Wildman–Crippen MR) is 43.9 cm³/mol. The number of aromatic nitrogens is 2. The van der Waals surface area contributed by atoms with Crippen LogP contribution in [0.25, 0.3) is 0 Å². The van der Waals surface area contributed by atoms with Crippen LogP contribution in [-0.2, 0) is 11.8 Å². The molecule has 0 bridgehead atoms. The maximum absolute atomic E-state index is 10.4. The van der Waals surface area contributed by atoms with Crippen LogP contribution in [-0.4, -0.2) is 20.6 Å². The van der Waals surface area contributed by atoms with Gasteiger partial charge < -0.3 is 9.67 Å². The van der Waals surface area contributed by atoms with Gasteiger partial charge in [0, 0.05) is 19.2 Å². The number of carboxylic acids is 1. The van der Waals surface area contributed by atoms with Gasteiger partial charge in [0.1, 0.15) is 0 Å². The Hall–Kier alpha value is -1.32. The van der Waals surface area contributed by atoms with E-state index in [0.29, 0.717) is 0 Å². The van der Waals surface area contributed by atoms with Gasteiger partial charge in [-0.2, -0.15) is 0 Å². The first-order chi connectivity index (χ1) is 5.59. The molecule has 0 radical (unpaired) electrons. The Bertz CT molecular complexity index is 280. The minimum absolute atomic E-state index is 0.0105. The van der Waals surface area contributed by atoms with Crippen molar-refractivity contribution in [1.82, 2.24) is 9.55 Å². The van der Waals surface area contributed by atoms with Crippen molar-refractivity contribution >= 4 is 5.97 Å². The number of rotatable bonds is 3. The Kier molecular flexibility index (Phi) is 2.47. The molecule has 0 aliphatic carbocycles. The van der Waals surface area contributed by atoms with Crippen LogP contribution in [0.3, 0.4) is 0 Å². The van der Waals surface area contributed by atoms with Crippen LogP contribution in [0.5, 0.6) is 0 Å². The Morgan fingerprint density at radius 3 is 2.92 bits per heavy atom. The molecule has 0 aliphatic rings. The van der Waals surface area contributed by atoms with Crippen LogP contribution < -0.4 is 0 Å². The summed E-state index contributed by atoms with van der Waals surface area (Å²) in [6.45, 7) is 1.86. The summed E-state index contributed by atoms with van der Waals surface area (Å²) in [5.74, 6) is -0.795. The minimum Gasteiger partial charge on any atom is -0.481 e. The molecule has 1 aromatic rings. The molecule has 0 spiro atoms. The number of hydrogen-bond acceptors (Lipinski definition) is 2. The fourth-order valence-electron chi connectivity index (χ4n) is 1.05. The lowest BCUT2D eigenvalue weighted by atomic mass is 10.1. The molecule has 1 rings (SSSR count). The van der Waals surface area contributed by atoms with E-state index in [1.165, 1.54) is 0 Å². The van der Waals surface area contributed by atoms with Crippen molar-refractivity contribution in [3.05, 3.63) is 18.2 Å². The zero-order valence-electron chi connectivity index (χ0n) is 7.19. The number of carboxylic acid groups (broad SMARTS) is 1. The summed E-state index contributed by atoms with van der Waals surface area (Å²) in [4.78, 5) is 14.4. The molecule has 0 fully saturated rings. The number of carbonyl (C=O) groups is 1. The van der Waals surface area contributed by atoms with E-state index in [0.717, 1.165) is 5.69 Å². The SMILES string of the molecule is CC(CC(=O)O)c1cn(C)cn1. The largest absolute Gasteiger partial charge is 0.481 e. The van der Waals surface area contributed by atoms with E-state index < -0.39 is 5.97 Å². The first-order valence-electron chi connectivity index (χ1n) is 3.79. The number of aryl methyl sites for hydroxylation is 1. The van der Waals surface area contributed by atoms with Crippen molar-refractivity contribution in [1.29, 1.82) is 0 Å². The van der Waals surface area contributed by atoms with Gasteiger partial charge >= 0.3 is 5.97 Å². The smallest absolute Gasteiger partial charge is 0.304 e. The van der Waals surface area contributed by atoms with E-state index in [9.17, 15) is 4.79 Å². The van der Waals surface area contributed by atoms with Gasteiger partial charge in [-0.25, -0.2) is 4.98 Å². The molecule has 0 aromatic carbocycles. The second-order valence-corrected chi connectivity index (χ2v) is 2.96. The zero-order chi connectivity index (χ0) is 9.14. The van der Waals surface area contributed by atoms with E-state index in [2.05, 4.69) is 4.98 Å². The van der Waals surface area contributed by atoms with Gasteiger partial charge in [-0.05, 0) is 0 Å². The first kappa shape index (κ1) is 8.77. The lowest BCUT2D eigenvalue weighted by Crippen LogP contribution is -2.02. The number of hydrogen-bond donors (Lipinski definition) is 1. The molecule has 1 unspecified atom stereocenters. The number of nitrogens with zero attached hydrogens (tertiary/aromatic N) is 2. The Labute approximate surface area is 70.9 Å². The summed E-state index contributed by atoms with van der Waals surface area (Å²) < 4.78 is 1.81. The molecule has 12 heavy (non-hydrogen) atoms. The number of imidazole rings is 1. The summed E-state index contributed by atoms with van der Waals surface area (Å²) in [5, 5.41) is 8.52. The maximum Gasteiger partial charge on any atom is 0.304 e. The summed E-state index contributed by atoms with van der Waals surface area (Å²) in [5.41, 5.74) is 0.833. The highest BCUT2D eigenvalue weighted by atomic mass is 16.4. The van der Waals surface area contributed by atoms with E-state index >= 15 is 0 Å². The van der Waals surface area contributed by atoms with Gasteiger partial charge in [-0.15, -0.1) is 0 Å². The van der Waals surface area contributed by atoms with Gasteiger partial charge in [0.25, 0.3) is 0 Å². The van der Waals surface area contributed by atoms with Crippen molar-refractivity contribution in [3.8, 4) is 0 Å². The molecular weight excluding hydrogens is 156 g/mol. The normalized spacial score (nSPS) is 12.8. The lowest BCUT2D eigenvalue weighted by Gasteiger charge is -2.02. The van der Waals surface area contributed by atoms with Gasteiger partial charge in [-0.1, -0.05) is 6.92 Å². The third-order valence-electron chi connectivity index (χ3n) is 1.71. The fourth-order valence-corrected chi connectivity index (χ4v) is 1.05. The van der Waals surface area contributed by atoms with E-state index in [1.807, 2.05) is 24.7 Å². The monoisotopic (exact) mass is 168 g/mol. The third-order valence-corrected chi connectivity index (χ3v) is 1.71. The molecule has 1 heterocycles. The Morgan fingerprint density at radius 1 is 1.83 bits per heavy atom. The van der Waals surface area contributed by atoms with E-state index in [4.69, 9.17) is 5.11 Å². The van der Waals surface area contributed by atoms with Crippen molar-refractivity contribution < 1.29 is 9.90 Å². The Balaban J connectivity index is 2.64. The van der Waals surface area contributed by atoms with Crippen LogP contribution in [0.4, 0.5) is 0 Å². The molecular formula is C8H12N2O2. The minimum atomic E-state index is -0.784. The highest BCUT2D eigenvalue weighted by Crippen LogP contribution is 2.15. The molecule has 0 amide bonds. The molecule has 66 valence electrons. The number of aliphatic carboxylic acids is 1. The quantitative estimate of drug-likeness (QED) is 0.732. The molecule has 1 atom stereocenters. The first-order valence-corrected chi connectivity index (χ1v) is 3.79. The van der Waals surface area contributed by atoms with Crippen molar-refractivity contribution in [2.24, 2.45) is 7.05 Å². The summed E-state index contributed by atoms with van der Waals surface area (Å²) >= 11 is 0. The lowest BCUT2D eigenvalue weighted by molar-refractivity contribution is -0.137. The topological polar surface area (TPSA) is 55.1 Å². The van der Waals surface area contributed by atoms with Crippen LogP contribution in [0, 0.1) is 0 Å². The summed E-state index contributed by atoms with van der Waals surface area (Å²) in [7, 11) is 1.87. The van der Waals surface area contributed by atoms with Gasteiger partial charge in [0.05, 0.1) is 18.4 Å². The van der Waals surface area contributed by atoms with Crippen LogP contribution in [0.2, 0.25) is 0 Å². The molecule has 0 saturated heterocycles. The van der Waals surface area contributed by atoms with Crippen LogP contribution in [0.1, 0.15) is 25.0 Å². The van der Waals surface area contributed by atoms with Crippen LogP contribution >= 0.6 is 0 Å². The molecule has 4 nitrogen and oxygen atoms in total. The molecule has 1 aromatic heterocycles. The summed E-state index contributed by atoms with van der Waals surface area (Å²) in [6, 6.07) is 0. The summed E-state index contributed by atoms with van der Waals surface area (Å²) in [6.07, 6.45) is 3.65. The van der Waals surface area contributed by atoms with Crippen molar-refractivity contribution in [2.45, 2.75) is 19.3 Å². The molecule has 0 aliphatic heterocycles. The van der Waals surface area contributed by atoms with Gasteiger partial charge in [0.15, 0.2) is 0 Å². The highest BCUT2D eigenvalue weighted by Gasteiger charge is 2.11. The third kappa shape index (κ3) is 2.08. The fraction of sp³-hybridized carbons (Fsp3) is 0.500. The van der Waals surface area contributed by atoms with Crippen molar-refractivity contribution in [2.75, 3.05) is 0 Å². The van der Waals surface area contributed by atoms with Gasteiger partial charge in [-0.3, -0.25) is 4.79 Å². The zero-order valence-corrected chi connectivity index (χ0v) is 7.19. The maximum atomic E-state index is 10.4. The van der Waals surface area contributed by atoms with Crippen molar-refractivity contribution in [3.63, 3.8) is 0 Å². The molecule has 0 saturated carbocycles. The van der Waals surface area contributed by atoms with Crippen LogP contribution in [0.15, 0.2) is 12.5 Å².